The Morgan fingerprint density at radius 3 is 2.92 bits per heavy atom. The number of hydrogen-bond acceptors (Lipinski definition) is 5. The van der Waals surface area contributed by atoms with Crippen LogP contribution in [0.2, 0.25) is 0 Å². The minimum Gasteiger partial charge on any atom is -0.491 e. The predicted octanol–water partition coefficient (Wildman–Crippen LogP) is 3.15. The fourth-order valence-electron chi connectivity index (χ4n) is 2.32. The predicted molar refractivity (Wildman–Crippen MR) is 92.0 cm³/mol. The number of hydrogen-bond donors (Lipinski definition) is 1. The molecule has 1 atom stereocenters. The van der Waals surface area contributed by atoms with Gasteiger partial charge in [-0.05, 0) is 24.3 Å². The Balaban J connectivity index is 1.69. The number of aromatic nitrogens is 2. The molecule has 0 radical (unpaired) electrons. The molecule has 0 saturated carbocycles. The maximum atomic E-state index is 10.9. The van der Waals surface area contributed by atoms with E-state index in [1.54, 1.807) is 24.4 Å². The number of non-ortho nitro benzene ring substituents is 1. The van der Waals surface area contributed by atoms with Gasteiger partial charge in [0.15, 0.2) is 0 Å². The van der Waals surface area contributed by atoms with Crippen LogP contribution >= 0.6 is 15.9 Å². The number of nitrogens with zero attached hydrogens (tertiary/aromatic N) is 3. The molecule has 7 nitrogen and oxygen atoms in total. The largest absolute Gasteiger partial charge is 0.491 e. The van der Waals surface area contributed by atoms with Crippen molar-refractivity contribution in [2.75, 3.05) is 6.61 Å². The van der Waals surface area contributed by atoms with Gasteiger partial charge < -0.3 is 9.84 Å². The van der Waals surface area contributed by atoms with E-state index in [4.69, 9.17) is 4.74 Å². The van der Waals surface area contributed by atoms with Crippen LogP contribution in [0.5, 0.6) is 5.75 Å². The number of ether oxygens (including phenoxy) is 1. The molecular formula is C16H14BrN3O4. The fraction of sp³-hybridized carbons (Fsp3) is 0.188. The van der Waals surface area contributed by atoms with Gasteiger partial charge in [0, 0.05) is 22.0 Å². The third-order valence-corrected chi connectivity index (χ3v) is 3.95. The Morgan fingerprint density at radius 1 is 1.33 bits per heavy atom. The third-order valence-electron chi connectivity index (χ3n) is 3.46. The van der Waals surface area contributed by atoms with Crippen LogP contribution in [0.3, 0.4) is 0 Å². The van der Waals surface area contributed by atoms with Crippen LogP contribution in [0.25, 0.3) is 10.9 Å². The van der Waals surface area contributed by atoms with Gasteiger partial charge in [0.1, 0.15) is 18.5 Å². The smallest absolute Gasteiger partial charge is 0.271 e. The molecule has 0 saturated heterocycles. The molecule has 8 heteroatoms. The minimum absolute atomic E-state index is 0.0101. The topological polar surface area (TPSA) is 90.4 Å². The van der Waals surface area contributed by atoms with E-state index in [1.165, 1.54) is 16.8 Å². The summed E-state index contributed by atoms with van der Waals surface area (Å²) in [6.07, 6.45) is 0.812. The van der Waals surface area contributed by atoms with Gasteiger partial charge in [0.05, 0.1) is 23.2 Å². The first-order chi connectivity index (χ1) is 11.5. The minimum atomic E-state index is -0.800. The van der Waals surface area contributed by atoms with Crippen molar-refractivity contribution in [1.82, 2.24) is 9.78 Å². The summed E-state index contributed by atoms with van der Waals surface area (Å²) in [5.74, 6) is 0.643. The Kier molecular flexibility index (Phi) is 4.77. The van der Waals surface area contributed by atoms with E-state index in [2.05, 4.69) is 21.0 Å². The Bertz CT molecular complexity index is 881. The molecule has 0 aliphatic carbocycles. The summed E-state index contributed by atoms with van der Waals surface area (Å²) in [6, 6.07) is 11.8. The zero-order chi connectivity index (χ0) is 17.1. The summed E-state index contributed by atoms with van der Waals surface area (Å²) < 4.78 is 7.97. The van der Waals surface area contributed by atoms with Crippen molar-refractivity contribution in [3.8, 4) is 5.75 Å². The van der Waals surface area contributed by atoms with Crippen molar-refractivity contribution >= 4 is 32.5 Å². The van der Waals surface area contributed by atoms with E-state index in [0.29, 0.717) is 11.3 Å². The summed E-state index contributed by atoms with van der Waals surface area (Å²) in [5.41, 5.74) is 0.592. The monoisotopic (exact) mass is 391 g/mol. The van der Waals surface area contributed by atoms with Crippen LogP contribution in [-0.2, 0) is 6.54 Å². The number of aliphatic hydroxyl groups is 1. The molecule has 3 aromatic rings. The first-order valence-corrected chi connectivity index (χ1v) is 7.98. The van der Waals surface area contributed by atoms with Crippen molar-refractivity contribution in [2.24, 2.45) is 0 Å². The van der Waals surface area contributed by atoms with Gasteiger partial charge in [0.25, 0.3) is 5.69 Å². The number of rotatable bonds is 6. The second-order valence-electron chi connectivity index (χ2n) is 5.25. The van der Waals surface area contributed by atoms with Crippen LogP contribution in [0, 0.1) is 10.1 Å². The molecule has 0 fully saturated rings. The summed E-state index contributed by atoms with van der Waals surface area (Å²) in [4.78, 5) is 10.4. The van der Waals surface area contributed by atoms with Crippen LogP contribution in [0.4, 0.5) is 5.69 Å². The Morgan fingerprint density at radius 2 is 2.17 bits per heavy atom. The number of aliphatic hydroxyl groups excluding tert-OH is 1. The highest BCUT2D eigenvalue weighted by Gasteiger charge is 2.13. The quantitative estimate of drug-likeness (QED) is 0.514. The molecular weight excluding hydrogens is 378 g/mol. The number of nitro groups is 1. The van der Waals surface area contributed by atoms with E-state index >= 15 is 0 Å². The highest BCUT2D eigenvalue weighted by molar-refractivity contribution is 9.10. The maximum absolute atomic E-state index is 10.9. The van der Waals surface area contributed by atoms with Crippen LogP contribution < -0.4 is 4.74 Å². The van der Waals surface area contributed by atoms with Gasteiger partial charge >= 0.3 is 0 Å². The third kappa shape index (κ3) is 3.72. The summed E-state index contributed by atoms with van der Waals surface area (Å²) in [6.45, 7) is 0.269. The van der Waals surface area contributed by atoms with Gasteiger partial charge in [-0.2, -0.15) is 5.10 Å². The lowest BCUT2D eigenvalue weighted by Crippen LogP contribution is -2.24. The zero-order valence-corrected chi connectivity index (χ0v) is 14.1. The second-order valence-corrected chi connectivity index (χ2v) is 6.16. The Hall–Kier alpha value is -2.45. The number of benzene rings is 2. The molecule has 24 heavy (non-hydrogen) atoms. The summed E-state index contributed by atoms with van der Waals surface area (Å²) in [7, 11) is 0. The normalized spacial score (nSPS) is 12.2. The first-order valence-electron chi connectivity index (χ1n) is 7.19. The molecule has 2 aromatic carbocycles. The molecule has 0 spiro atoms. The molecule has 0 aliphatic rings. The second kappa shape index (κ2) is 6.98. The molecule has 0 unspecified atom stereocenters. The van der Waals surface area contributed by atoms with Crippen molar-refractivity contribution < 1.29 is 14.8 Å². The standard InChI is InChI=1S/C16H14BrN3O4/c17-12-2-1-3-15(6-12)24-10-14(21)9-19-16-7-13(20(22)23)5-4-11(16)8-18-19/h1-8,14,21H,9-10H2/t14-/m0/s1. The fourth-order valence-corrected chi connectivity index (χ4v) is 2.70. The SMILES string of the molecule is O=[N+]([O-])c1ccc2cnn(C[C@H](O)COc3cccc(Br)c3)c2c1. The van der Waals surface area contributed by atoms with Crippen molar-refractivity contribution in [1.29, 1.82) is 0 Å². The molecule has 1 heterocycles. The lowest BCUT2D eigenvalue weighted by Gasteiger charge is -2.13. The maximum Gasteiger partial charge on any atom is 0.271 e. The van der Waals surface area contributed by atoms with Crippen molar-refractivity contribution in [2.45, 2.75) is 12.6 Å². The average molecular weight is 392 g/mol. The molecule has 1 N–H and O–H groups in total. The highest BCUT2D eigenvalue weighted by atomic mass is 79.9. The molecule has 0 amide bonds. The van der Waals surface area contributed by atoms with Crippen LogP contribution in [0.1, 0.15) is 0 Å². The van der Waals surface area contributed by atoms with Crippen LogP contribution in [-0.4, -0.2) is 32.5 Å². The Labute approximate surface area is 145 Å². The molecule has 124 valence electrons. The molecule has 0 aliphatic heterocycles. The summed E-state index contributed by atoms with van der Waals surface area (Å²) >= 11 is 3.35. The summed E-state index contributed by atoms with van der Waals surface area (Å²) in [5, 5.41) is 26.0. The molecule has 0 bridgehead atoms. The van der Waals surface area contributed by atoms with E-state index in [1.807, 2.05) is 12.1 Å². The van der Waals surface area contributed by atoms with Crippen LogP contribution in [0.15, 0.2) is 53.1 Å². The van der Waals surface area contributed by atoms with E-state index in [9.17, 15) is 15.2 Å². The average Bonchev–Trinajstić information content (AvgIpc) is 2.95. The first kappa shape index (κ1) is 16.4. The van der Waals surface area contributed by atoms with Gasteiger partial charge in [-0.25, -0.2) is 0 Å². The number of fused-ring (bicyclic) bond motifs is 1. The van der Waals surface area contributed by atoms with Gasteiger partial charge in [-0.1, -0.05) is 22.0 Å². The van der Waals surface area contributed by atoms with Gasteiger partial charge in [0.2, 0.25) is 0 Å². The molecule has 3 rings (SSSR count). The van der Waals surface area contributed by atoms with Gasteiger partial charge in [-0.3, -0.25) is 14.8 Å². The highest BCUT2D eigenvalue weighted by Crippen LogP contribution is 2.21. The van der Waals surface area contributed by atoms with E-state index in [0.717, 1.165) is 9.86 Å². The molecule has 1 aromatic heterocycles. The van der Waals surface area contributed by atoms with Crippen molar-refractivity contribution in [3.63, 3.8) is 0 Å². The van der Waals surface area contributed by atoms with Gasteiger partial charge in [-0.15, -0.1) is 0 Å². The lowest BCUT2D eigenvalue weighted by atomic mass is 10.2. The zero-order valence-electron chi connectivity index (χ0n) is 12.5. The number of nitro benzene ring substituents is 1. The van der Waals surface area contributed by atoms with E-state index < -0.39 is 11.0 Å². The number of halogens is 1. The lowest BCUT2D eigenvalue weighted by molar-refractivity contribution is -0.384. The van der Waals surface area contributed by atoms with Crippen molar-refractivity contribution in [3.05, 3.63) is 63.2 Å². The van der Waals surface area contributed by atoms with E-state index in [-0.39, 0.29) is 18.8 Å².